The van der Waals surface area contributed by atoms with Gasteiger partial charge in [-0.15, -0.1) is 0 Å². The Morgan fingerprint density at radius 3 is 2.62 bits per heavy atom. The van der Waals surface area contributed by atoms with Crippen LogP contribution >= 0.6 is 0 Å². The van der Waals surface area contributed by atoms with Crippen molar-refractivity contribution in [1.29, 1.82) is 0 Å². The molecule has 1 unspecified atom stereocenters. The first kappa shape index (κ1) is 18.5. The van der Waals surface area contributed by atoms with E-state index in [-0.39, 0.29) is 18.4 Å². The third-order valence-electron chi connectivity index (χ3n) is 4.51. The van der Waals surface area contributed by atoms with Crippen LogP contribution in [0.1, 0.15) is 50.5 Å². The summed E-state index contributed by atoms with van der Waals surface area (Å²) >= 11 is 0. The maximum atomic E-state index is 12.4. The first-order valence-corrected chi connectivity index (χ1v) is 8.94. The highest BCUT2D eigenvalue weighted by Crippen LogP contribution is 2.20. The number of unbranched alkanes of at least 4 members (excludes halogenated alkanes) is 3. The van der Waals surface area contributed by atoms with Gasteiger partial charge in [-0.2, -0.15) is 0 Å². The van der Waals surface area contributed by atoms with E-state index in [0.717, 1.165) is 51.6 Å². The SMILES string of the molecule is O=C(O)CCCCCCNC(=O)C1CCCN1Cc1ccccc1. The normalized spacial score (nSPS) is 17.8. The van der Waals surface area contributed by atoms with Crippen LogP contribution in [0.4, 0.5) is 0 Å². The Kier molecular flexibility index (Phi) is 7.75. The average molecular weight is 332 g/mol. The monoisotopic (exact) mass is 332 g/mol. The molecule has 0 bridgehead atoms. The molecule has 1 heterocycles. The number of benzene rings is 1. The first-order valence-electron chi connectivity index (χ1n) is 8.94. The van der Waals surface area contributed by atoms with Crippen molar-refractivity contribution in [2.45, 2.75) is 57.5 Å². The summed E-state index contributed by atoms with van der Waals surface area (Å²) in [5, 5.41) is 11.6. The van der Waals surface area contributed by atoms with Crippen molar-refractivity contribution in [1.82, 2.24) is 10.2 Å². The van der Waals surface area contributed by atoms with Crippen LogP contribution in [0.3, 0.4) is 0 Å². The minimum absolute atomic E-state index is 0.0165. The standard InChI is InChI=1S/C19H28N2O3/c22-18(23)12-6-1-2-7-13-20-19(24)17-11-8-14-21(17)15-16-9-4-3-5-10-16/h3-5,9-10,17H,1-2,6-8,11-15H2,(H,20,24)(H,22,23). The van der Waals surface area contributed by atoms with Crippen LogP contribution in [0.25, 0.3) is 0 Å². The molecule has 1 amide bonds. The molecule has 0 spiro atoms. The number of nitrogens with zero attached hydrogens (tertiary/aromatic N) is 1. The van der Waals surface area contributed by atoms with E-state index in [9.17, 15) is 9.59 Å². The predicted molar refractivity (Wildman–Crippen MR) is 93.6 cm³/mol. The highest BCUT2D eigenvalue weighted by molar-refractivity contribution is 5.82. The number of carbonyl (C=O) groups is 2. The Labute approximate surface area is 144 Å². The minimum atomic E-state index is -0.733. The molecule has 2 rings (SSSR count). The van der Waals surface area contributed by atoms with E-state index >= 15 is 0 Å². The lowest BCUT2D eigenvalue weighted by Gasteiger charge is -2.23. The largest absolute Gasteiger partial charge is 0.481 e. The fourth-order valence-electron chi connectivity index (χ4n) is 3.21. The van der Waals surface area contributed by atoms with Crippen LogP contribution in [-0.4, -0.2) is 41.0 Å². The van der Waals surface area contributed by atoms with Gasteiger partial charge in [0.1, 0.15) is 0 Å². The maximum Gasteiger partial charge on any atom is 0.303 e. The zero-order valence-electron chi connectivity index (χ0n) is 14.2. The summed E-state index contributed by atoms with van der Waals surface area (Å²) in [4.78, 5) is 25.1. The molecule has 1 saturated heterocycles. The number of nitrogens with one attached hydrogen (secondary N) is 1. The smallest absolute Gasteiger partial charge is 0.303 e. The molecule has 0 radical (unpaired) electrons. The van der Waals surface area contributed by atoms with Crippen LogP contribution in [0, 0.1) is 0 Å². The topological polar surface area (TPSA) is 69.6 Å². The molecule has 24 heavy (non-hydrogen) atoms. The summed E-state index contributed by atoms with van der Waals surface area (Å²) in [5.74, 6) is -0.600. The van der Waals surface area contributed by atoms with Gasteiger partial charge in [0, 0.05) is 19.5 Å². The van der Waals surface area contributed by atoms with Crippen molar-refractivity contribution in [2.24, 2.45) is 0 Å². The van der Waals surface area contributed by atoms with Gasteiger partial charge in [0.15, 0.2) is 0 Å². The van der Waals surface area contributed by atoms with Crippen molar-refractivity contribution in [3.8, 4) is 0 Å². The second-order valence-corrected chi connectivity index (χ2v) is 6.46. The van der Waals surface area contributed by atoms with Crippen molar-refractivity contribution in [3.05, 3.63) is 35.9 Å². The Bertz CT molecular complexity index is 519. The van der Waals surface area contributed by atoms with Gasteiger partial charge in [0.05, 0.1) is 6.04 Å². The van der Waals surface area contributed by atoms with Crippen LogP contribution in [0.2, 0.25) is 0 Å². The van der Waals surface area contributed by atoms with Crippen molar-refractivity contribution >= 4 is 11.9 Å². The number of carboxylic acid groups (broad SMARTS) is 1. The molecular formula is C19H28N2O3. The van der Waals surface area contributed by atoms with E-state index in [1.165, 1.54) is 5.56 Å². The van der Waals surface area contributed by atoms with E-state index in [0.29, 0.717) is 6.54 Å². The Hall–Kier alpha value is -1.88. The Morgan fingerprint density at radius 1 is 1.12 bits per heavy atom. The molecule has 0 aliphatic carbocycles. The van der Waals surface area contributed by atoms with Gasteiger partial charge in [-0.3, -0.25) is 14.5 Å². The highest BCUT2D eigenvalue weighted by atomic mass is 16.4. The molecule has 1 fully saturated rings. The fourth-order valence-corrected chi connectivity index (χ4v) is 3.21. The van der Waals surface area contributed by atoms with Crippen molar-refractivity contribution < 1.29 is 14.7 Å². The van der Waals surface area contributed by atoms with Crippen LogP contribution in [-0.2, 0) is 16.1 Å². The minimum Gasteiger partial charge on any atom is -0.481 e. The molecule has 0 saturated carbocycles. The molecule has 2 N–H and O–H groups in total. The van der Waals surface area contributed by atoms with Gasteiger partial charge in [-0.25, -0.2) is 0 Å². The number of rotatable bonds is 10. The highest BCUT2D eigenvalue weighted by Gasteiger charge is 2.30. The second-order valence-electron chi connectivity index (χ2n) is 6.46. The Morgan fingerprint density at radius 2 is 1.88 bits per heavy atom. The van der Waals surface area contributed by atoms with Crippen LogP contribution < -0.4 is 5.32 Å². The fraction of sp³-hybridized carbons (Fsp3) is 0.579. The molecule has 0 aromatic heterocycles. The summed E-state index contributed by atoms with van der Waals surface area (Å²) in [6.45, 7) is 2.48. The van der Waals surface area contributed by atoms with E-state index in [2.05, 4.69) is 22.3 Å². The lowest BCUT2D eigenvalue weighted by Crippen LogP contribution is -2.43. The number of carbonyl (C=O) groups excluding carboxylic acids is 1. The van der Waals surface area contributed by atoms with Crippen LogP contribution in [0.5, 0.6) is 0 Å². The number of hydrogen-bond donors (Lipinski definition) is 2. The zero-order chi connectivity index (χ0) is 17.2. The van der Waals surface area contributed by atoms with E-state index in [1.807, 2.05) is 18.2 Å². The molecule has 5 heteroatoms. The number of hydrogen-bond acceptors (Lipinski definition) is 3. The Balaban J connectivity index is 1.65. The third kappa shape index (κ3) is 6.32. The number of amides is 1. The molecule has 132 valence electrons. The molecule has 5 nitrogen and oxygen atoms in total. The molecule has 1 atom stereocenters. The summed E-state index contributed by atoms with van der Waals surface area (Å²) in [5.41, 5.74) is 1.25. The molecule has 1 aromatic carbocycles. The lowest BCUT2D eigenvalue weighted by atomic mass is 10.1. The number of likely N-dealkylation sites (tertiary alicyclic amines) is 1. The van der Waals surface area contributed by atoms with Crippen molar-refractivity contribution in [2.75, 3.05) is 13.1 Å². The number of aliphatic carboxylic acids is 1. The quantitative estimate of drug-likeness (QED) is 0.647. The molecule has 1 aromatic rings. The van der Waals surface area contributed by atoms with Gasteiger partial charge < -0.3 is 10.4 Å². The van der Waals surface area contributed by atoms with Gasteiger partial charge >= 0.3 is 5.97 Å². The van der Waals surface area contributed by atoms with Gasteiger partial charge in [0.2, 0.25) is 5.91 Å². The summed E-state index contributed by atoms with van der Waals surface area (Å²) in [6, 6.07) is 10.3. The summed E-state index contributed by atoms with van der Waals surface area (Å²) in [7, 11) is 0. The third-order valence-corrected chi connectivity index (χ3v) is 4.51. The average Bonchev–Trinajstić information content (AvgIpc) is 3.02. The number of carboxylic acids is 1. The predicted octanol–water partition coefficient (Wildman–Crippen LogP) is 2.80. The summed E-state index contributed by atoms with van der Waals surface area (Å²) < 4.78 is 0. The van der Waals surface area contributed by atoms with E-state index in [1.54, 1.807) is 0 Å². The van der Waals surface area contributed by atoms with Crippen LogP contribution in [0.15, 0.2) is 30.3 Å². The first-order chi connectivity index (χ1) is 11.7. The maximum absolute atomic E-state index is 12.4. The van der Waals surface area contributed by atoms with Gasteiger partial charge in [-0.1, -0.05) is 43.2 Å². The van der Waals surface area contributed by atoms with E-state index in [4.69, 9.17) is 5.11 Å². The van der Waals surface area contributed by atoms with E-state index < -0.39 is 5.97 Å². The molecule has 1 aliphatic rings. The zero-order valence-corrected chi connectivity index (χ0v) is 14.2. The van der Waals surface area contributed by atoms with Gasteiger partial charge in [0.25, 0.3) is 0 Å². The lowest BCUT2D eigenvalue weighted by molar-refractivity contribution is -0.137. The van der Waals surface area contributed by atoms with Gasteiger partial charge in [-0.05, 0) is 37.8 Å². The molecule has 1 aliphatic heterocycles. The van der Waals surface area contributed by atoms with Crippen molar-refractivity contribution in [3.63, 3.8) is 0 Å². The molecular weight excluding hydrogens is 304 g/mol. The second kappa shape index (κ2) is 10.1. The summed E-state index contributed by atoms with van der Waals surface area (Å²) in [6.07, 6.45) is 5.74.